The van der Waals surface area contributed by atoms with Gasteiger partial charge in [0.05, 0.1) is 23.8 Å². The summed E-state index contributed by atoms with van der Waals surface area (Å²) >= 11 is -1.88. The van der Waals surface area contributed by atoms with Gasteiger partial charge in [0.15, 0.2) is 17.4 Å². The molecule has 2 aromatic rings. The Morgan fingerprint density at radius 2 is 2.10 bits per heavy atom. The van der Waals surface area contributed by atoms with Gasteiger partial charge in [-0.05, 0) is 6.92 Å². The number of hydrogen-bond donors (Lipinski definition) is 4. The first kappa shape index (κ1) is 14.4. The Morgan fingerprint density at radius 1 is 1.38 bits per heavy atom. The Hall–Kier alpha value is -1.50. The van der Waals surface area contributed by atoms with Gasteiger partial charge in [-0.2, -0.15) is 9.97 Å². The fourth-order valence-electron chi connectivity index (χ4n) is 2.29. The van der Waals surface area contributed by atoms with Gasteiger partial charge < -0.3 is 25.2 Å². The Balaban J connectivity index is 2.13. The molecule has 0 spiro atoms. The Kier molecular flexibility index (Phi) is 3.47. The average molecular weight is 314 g/mol. The van der Waals surface area contributed by atoms with Crippen LogP contribution in [0.4, 0.5) is 5.95 Å². The molecule has 1 aliphatic heterocycles. The second-order valence-corrected chi connectivity index (χ2v) is 5.70. The molecule has 0 radical (unpaired) electrons. The number of aliphatic hydroxyl groups excluding tert-OH is 2. The summed E-state index contributed by atoms with van der Waals surface area (Å²) in [6.07, 6.45) is -2.28. The van der Waals surface area contributed by atoms with Gasteiger partial charge in [-0.15, -0.1) is 5.14 Å². The molecule has 1 saturated heterocycles. The molecule has 3 rings (SSSR count). The first-order valence-electron chi connectivity index (χ1n) is 6.08. The van der Waals surface area contributed by atoms with Crippen LogP contribution in [-0.2, 0) is 16.1 Å². The predicted molar refractivity (Wildman–Crippen MR) is 71.9 cm³/mol. The number of aliphatic hydroxyl groups is 2. The van der Waals surface area contributed by atoms with Gasteiger partial charge in [-0.25, -0.2) is 4.98 Å². The lowest BCUT2D eigenvalue weighted by atomic mass is 10.1. The van der Waals surface area contributed by atoms with E-state index in [1.807, 2.05) is 0 Å². The van der Waals surface area contributed by atoms with Crippen molar-refractivity contribution in [3.63, 3.8) is 0 Å². The molecule has 0 aliphatic carbocycles. The highest BCUT2D eigenvalue weighted by molar-refractivity contribution is 7.89. The van der Waals surface area contributed by atoms with E-state index in [-0.39, 0.29) is 22.1 Å². The van der Waals surface area contributed by atoms with E-state index in [1.54, 1.807) is 6.92 Å². The fraction of sp³-hybridized carbons (Fsp3) is 0.500. The van der Waals surface area contributed by atoms with Crippen molar-refractivity contribution in [3.8, 4) is 0 Å². The SMILES string of the molecule is C[C@H]1O[C@@H](n2cnc3c([S+](N)[O-])nc(N)nc32)[C@H](O)[C@@H]1O. The molecule has 0 amide bonds. The number of nitrogens with two attached hydrogens (primary N) is 2. The molecule has 10 nitrogen and oxygen atoms in total. The number of aromatic nitrogens is 4. The van der Waals surface area contributed by atoms with Crippen molar-refractivity contribution in [2.45, 2.75) is 36.5 Å². The largest absolute Gasteiger partial charge is 0.592 e. The lowest BCUT2D eigenvalue weighted by Gasteiger charge is -2.16. The maximum Gasteiger partial charge on any atom is 0.298 e. The third kappa shape index (κ3) is 2.23. The quantitative estimate of drug-likeness (QED) is 0.363. The summed E-state index contributed by atoms with van der Waals surface area (Å²) in [4.78, 5) is 11.9. The summed E-state index contributed by atoms with van der Waals surface area (Å²) < 4.78 is 18.4. The first-order valence-corrected chi connectivity index (χ1v) is 7.29. The zero-order valence-electron chi connectivity index (χ0n) is 10.9. The van der Waals surface area contributed by atoms with Crippen molar-refractivity contribution in [2.24, 2.45) is 5.14 Å². The minimum Gasteiger partial charge on any atom is -0.592 e. The minimum atomic E-state index is -1.88. The maximum absolute atomic E-state index is 11.5. The third-order valence-corrected chi connectivity index (χ3v) is 4.01. The van der Waals surface area contributed by atoms with Crippen LogP contribution < -0.4 is 10.9 Å². The van der Waals surface area contributed by atoms with Gasteiger partial charge in [0, 0.05) is 0 Å². The number of nitrogens with zero attached hydrogens (tertiary/aromatic N) is 4. The summed E-state index contributed by atoms with van der Waals surface area (Å²) in [5.74, 6) is -0.126. The highest BCUT2D eigenvalue weighted by Gasteiger charge is 2.42. The molecule has 1 aliphatic rings. The van der Waals surface area contributed by atoms with Gasteiger partial charge in [0.25, 0.3) is 5.03 Å². The van der Waals surface area contributed by atoms with E-state index in [2.05, 4.69) is 15.0 Å². The number of rotatable bonds is 2. The summed E-state index contributed by atoms with van der Waals surface area (Å²) in [7, 11) is 0. The molecule has 114 valence electrons. The second-order valence-electron chi connectivity index (χ2n) is 4.72. The van der Waals surface area contributed by atoms with Crippen LogP contribution in [0.2, 0.25) is 0 Å². The number of nitrogen functional groups attached to an aromatic ring is 1. The van der Waals surface area contributed by atoms with Gasteiger partial charge in [0.2, 0.25) is 5.95 Å². The monoisotopic (exact) mass is 314 g/mol. The summed E-state index contributed by atoms with van der Waals surface area (Å²) in [5, 5.41) is 25.1. The van der Waals surface area contributed by atoms with Gasteiger partial charge in [0.1, 0.15) is 12.2 Å². The molecular formula is C10H14N6O4S. The fourth-order valence-corrected chi connectivity index (χ4v) is 2.81. The van der Waals surface area contributed by atoms with Crippen molar-refractivity contribution in [2.75, 3.05) is 5.73 Å². The molecule has 1 unspecified atom stereocenters. The summed E-state index contributed by atoms with van der Waals surface area (Å²) in [6, 6.07) is 0. The van der Waals surface area contributed by atoms with Crippen LogP contribution in [-0.4, -0.2) is 52.6 Å². The van der Waals surface area contributed by atoms with E-state index in [4.69, 9.17) is 15.6 Å². The number of ether oxygens (including phenoxy) is 1. The van der Waals surface area contributed by atoms with Crippen LogP contribution >= 0.6 is 0 Å². The highest BCUT2D eigenvalue weighted by atomic mass is 32.2. The van der Waals surface area contributed by atoms with Gasteiger partial charge in [-0.1, -0.05) is 0 Å². The van der Waals surface area contributed by atoms with Crippen LogP contribution in [0.1, 0.15) is 13.2 Å². The standard InChI is InChI=1S/C10H14N6O4S/c1-3-5(17)6(18)9(20-3)16-2-13-4-7(16)14-10(11)15-8(4)21(12)19/h2-3,5-6,9,17-18H,12H2,1H3,(H2,11,14,15)/t3-,5-,6-,9-,21?/m1/s1. The van der Waals surface area contributed by atoms with Crippen molar-refractivity contribution in [1.82, 2.24) is 19.5 Å². The summed E-state index contributed by atoms with van der Waals surface area (Å²) in [6.45, 7) is 1.64. The van der Waals surface area contributed by atoms with Gasteiger partial charge >= 0.3 is 0 Å². The molecular weight excluding hydrogens is 300 g/mol. The molecule has 0 bridgehead atoms. The van der Waals surface area contributed by atoms with Crippen LogP contribution in [0.3, 0.4) is 0 Å². The lowest BCUT2D eigenvalue weighted by Crippen LogP contribution is -2.30. The van der Waals surface area contributed by atoms with Crippen molar-refractivity contribution in [1.29, 1.82) is 0 Å². The maximum atomic E-state index is 11.5. The molecule has 1 fully saturated rings. The zero-order chi connectivity index (χ0) is 15.3. The molecule has 6 N–H and O–H groups in total. The number of hydrogen-bond acceptors (Lipinski definition) is 9. The number of anilines is 1. The zero-order valence-corrected chi connectivity index (χ0v) is 11.8. The molecule has 0 saturated carbocycles. The predicted octanol–water partition coefficient (Wildman–Crippen LogP) is -1.97. The van der Waals surface area contributed by atoms with Crippen LogP contribution in [0, 0.1) is 0 Å². The van der Waals surface area contributed by atoms with E-state index in [0.717, 1.165) is 0 Å². The van der Waals surface area contributed by atoms with Crippen LogP contribution in [0.25, 0.3) is 11.2 Å². The lowest BCUT2D eigenvalue weighted by molar-refractivity contribution is -0.0299. The number of imidazole rings is 1. The van der Waals surface area contributed by atoms with Crippen molar-refractivity contribution in [3.05, 3.63) is 6.33 Å². The van der Waals surface area contributed by atoms with E-state index >= 15 is 0 Å². The second kappa shape index (κ2) is 5.05. The van der Waals surface area contributed by atoms with Crippen LogP contribution in [0.15, 0.2) is 11.4 Å². The number of fused-ring (bicyclic) bond motifs is 1. The molecule has 2 aromatic heterocycles. The molecule has 11 heteroatoms. The normalized spacial score (nSPS) is 30.9. The topological polar surface area (TPSA) is 168 Å². The highest BCUT2D eigenvalue weighted by Crippen LogP contribution is 2.32. The first-order chi connectivity index (χ1) is 9.90. The van der Waals surface area contributed by atoms with E-state index in [1.165, 1.54) is 10.9 Å². The van der Waals surface area contributed by atoms with E-state index < -0.39 is 35.9 Å². The smallest absolute Gasteiger partial charge is 0.298 e. The Morgan fingerprint density at radius 3 is 2.67 bits per heavy atom. The molecule has 3 heterocycles. The van der Waals surface area contributed by atoms with Crippen LogP contribution in [0.5, 0.6) is 0 Å². The summed E-state index contributed by atoms with van der Waals surface area (Å²) in [5.41, 5.74) is 6.00. The van der Waals surface area contributed by atoms with Gasteiger partial charge in [-0.3, -0.25) is 4.57 Å². The van der Waals surface area contributed by atoms with Crippen molar-refractivity contribution < 1.29 is 19.5 Å². The minimum absolute atomic E-state index is 0.00247. The molecule has 21 heavy (non-hydrogen) atoms. The van der Waals surface area contributed by atoms with E-state index in [0.29, 0.717) is 0 Å². The molecule has 0 aromatic carbocycles. The Bertz CT molecular complexity index is 679. The Labute approximate surface area is 122 Å². The average Bonchev–Trinajstić information content (AvgIpc) is 2.94. The van der Waals surface area contributed by atoms with Crippen molar-refractivity contribution >= 4 is 28.5 Å². The molecule has 5 atom stereocenters. The third-order valence-electron chi connectivity index (χ3n) is 3.35. The van der Waals surface area contributed by atoms with E-state index in [9.17, 15) is 14.8 Å².